The maximum absolute atomic E-state index is 12.2. The summed E-state index contributed by atoms with van der Waals surface area (Å²) in [6.45, 7) is 7.69. The van der Waals surface area contributed by atoms with Crippen molar-refractivity contribution in [2.75, 3.05) is 32.8 Å². The minimum Gasteiger partial charge on any atom is -0.379 e. The Bertz CT molecular complexity index is 638. The number of morpholine rings is 1. The van der Waals surface area contributed by atoms with E-state index in [0.717, 1.165) is 18.7 Å². The molecule has 1 atom stereocenters. The standard InChI is InChI=1S/C17H25ClN2O3S/c1-14(2)17(20-8-10-23-11-9-20)13-19-24(21,22)12-7-15-3-5-16(18)6-4-15/h3-7,12,14,17,19H,8-11,13H2,1-2H3/b12-7+. The second-order valence-corrected chi connectivity index (χ2v) is 8.29. The molecule has 0 amide bonds. The lowest BCUT2D eigenvalue weighted by Gasteiger charge is -2.36. The van der Waals surface area contributed by atoms with Gasteiger partial charge in [0, 0.05) is 36.1 Å². The summed E-state index contributed by atoms with van der Waals surface area (Å²) in [6, 6.07) is 7.17. The van der Waals surface area contributed by atoms with Crippen LogP contribution in [0.15, 0.2) is 29.7 Å². The Labute approximate surface area is 149 Å². The van der Waals surface area contributed by atoms with Gasteiger partial charge in [-0.05, 0) is 29.7 Å². The molecule has 1 unspecified atom stereocenters. The molecule has 0 saturated carbocycles. The van der Waals surface area contributed by atoms with Crippen molar-refractivity contribution in [3.8, 4) is 0 Å². The highest BCUT2D eigenvalue weighted by Crippen LogP contribution is 2.13. The quantitative estimate of drug-likeness (QED) is 0.799. The Morgan fingerprint density at radius 1 is 1.25 bits per heavy atom. The van der Waals surface area contributed by atoms with E-state index in [2.05, 4.69) is 23.5 Å². The predicted octanol–water partition coefficient (Wildman–Crippen LogP) is 2.59. The van der Waals surface area contributed by atoms with Crippen molar-refractivity contribution >= 4 is 27.7 Å². The summed E-state index contributed by atoms with van der Waals surface area (Å²) in [5.41, 5.74) is 0.790. The van der Waals surface area contributed by atoms with Crippen molar-refractivity contribution in [1.82, 2.24) is 9.62 Å². The van der Waals surface area contributed by atoms with Crippen molar-refractivity contribution < 1.29 is 13.2 Å². The van der Waals surface area contributed by atoms with E-state index in [4.69, 9.17) is 16.3 Å². The second kappa shape index (κ2) is 8.97. The van der Waals surface area contributed by atoms with Gasteiger partial charge in [-0.2, -0.15) is 0 Å². The number of rotatable bonds is 7. The van der Waals surface area contributed by atoms with Crippen molar-refractivity contribution in [2.45, 2.75) is 19.9 Å². The fourth-order valence-corrected chi connectivity index (χ4v) is 3.65. The van der Waals surface area contributed by atoms with Crippen LogP contribution < -0.4 is 4.72 Å². The summed E-state index contributed by atoms with van der Waals surface area (Å²) in [6.07, 6.45) is 1.57. The van der Waals surface area contributed by atoms with Crippen LogP contribution in [-0.4, -0.2) is 52.2 Å². The average Bonchev–Trinajstić information content (AvgIpc) is 2.55. The Morgan fingerprint density at radius 2 is 1.88 bits per heavy atom. The molecular formula is C17H25ClN2O3S. The summed E-state index contributed by atoms with van der Waals surface area (Å²) >= 11 is 5.82. The van der Waals surface area contributed by atoms with Gasteiger partial charge >= 0.3 is 0 Å². The predicted molar refractivity (Wildman–Crippen MR) is 98.4 cm³/mol. The second-order valence-electron chi connectivity index (χ2n) is 6.21. The molecule has 1 aromatic rings. The molecule has 0 aromatic heterocycles. The molecule has 0 spiro atoms. The van der Waals surface area contributed by atoms with Crippen LogP contribution in [0.3, 0.4) is 0 Å². The van der Waals surface area contributed by atoms with Crippen molar-refractivity contribution in [3.63, 3.8) is 0 Å². The van der Waals surface area contributed by atoms with Gasteiger partial charge in [0.2, 0.25) is 10.0 Å². The Balaban J connectivity index is 1.95. The normalized spacial score (nSPS) is 18.3. The number of hydrogen-bond acceptors (Lipinski definition) is 4. The minimum atomic E-state index is -3.48. The van der Waals surface area contributed by atoms with Crippen LogP contribution in [0.5, 0.6) is 0 Å². The summed E-state index contributed by atoms with van der Waals surface area (Å²) in [7, 11) is -3.48. The number of nitrogens with one attached hydrogen (secondary N) is 1. The molecule has 134 valence electrons. The first-order valence-electron chi connectivity index (χ1n) is 8.12. The van der Waals surface area contributed by atoms with Gasteiger partial charge in [0.1, 0.15) is 0 Å². The van der Waals surface area contributed by atoms with Crippen molar-refractivity contribution in [3.05, 3.63) is 40.3 Å². The molecule has 1 aliphatic heterocycles. The summed E-state index contributed by atoms with van der Waals surface area (Å²) in [5, 5.41) is 1.82. The number of hydrogen-bond donors (Lipinski definition) is 1. The maximum atomic E-state index is 12.2. The van der Waals surface area contributed by atoms with Crippen molar-refractivity contribution in [2.24, 2.45) is 5.92 Å². The van der Waals surface area contributed by atoms with E-state index in [0.29, 0.717) is 30.7 Å². The number of sulfonamides is 1. The third-order valence-electron chi connectivity index (χ3n) is 4.09. The van der Waals surface area contributed by atoms with Crippen LogP contribution >= 0.6 is 11.6 Å². The Kier molecular flexibility index (Phi) is 7.25. The largest absolute Gasteiger partial charge is 0.379 e. The molecule has 1 aliphatic rings. The van der Waals surface area contributed by atoms with E-state index in [1.165, 1.54) is 5.41 Å². The highest BCUT2D eigenvalue weighted by molar-refractivity contribution is 7.92. The molecule has 1 heterocycles. The first-order chi connectivity index (χ1) is 11.4. The molecule has 0 radical (unpaired) electrons. The smallest absolute Gasteiger partial charge is 0.233 e. The van der Waals surface area contributed by atoms with Gasteiger partial charge in [0.25, 0.3) is 0 Å². The molecule has 5 nitrogen and oxygen atoms in total. The molecule has 1 saturated heterocycles. The van der Waals surface area contributed by atoms with Gasteiger partial charge in [0.15, 0.2) is 0 Å². The monoisotopic (exact) mass is 372 g/mol. The van der Waals surface area contributed by atoms with Gasteiger partial charge in [-0.15, -0.1) is 0 Å². The lowest BCUT2D eigenvalue weighted by atomic mass is 10.0. The molecule has 24 heavy (non-hydrogen) atoms. The molecular weight excluding hydrogens is 348 g/mol. The number of nitrogens with zero attached hydrogens (tertiary/aromatic N) is 1. The first kappa shape index (κ1) is 19.4. The van der Waals surface area contributed by atoms with E-state index >= 15 is 0 Å². The van der Waals surface area contributed by atoms with Crippen LogP contribution in [-0.2, 0) is 14.8 Å². The number of halogens is 1. The first-order valence-corrected chi connectivity index (χ1v) is 10.0. The van der Waals surface area contributed by atoms with E-state index in [-0.39, 0.29) is 6.04 Å². The fourth-order valence-electron chi connectivity index (χ4n) is 2.69. The Morgan fingerprint density at radius 3 is 2.46 bits per heavy atom. The molecule has 1 aromatic carbocycles. The van der Waals surface area contributed by atoms with E-state index in [1.54, 1.807) is 30.3 Å². The van der Waals surface area contributed by atoms with Gasteiger partial charge < -0.3 is 4.74 Å². The lowest BCUT2D eigenvalue weighted by molar-refractivity contribution is 0.00778. The number of ether oxygens (including phenoxy) is 1. The third-order valence-corrected chi connectivity index (χ3v) is 5.40. The lowest BCUT2D eigenvalue weighted by Crippen LogP contribution is -2.50. The topological polar surface area (TPSA) is 58.6 Å². The van der Waals surface area contributed by atoms with Crippen LogP contribution in [0.1, 0.15) is 19.4 Å². The molecule has 0 aliphatic carbocycles. The van der Waals surface area contributed by atoms with E-state index < -0.39 is 10.0 Å². The van der Waals surface area contributed by atoms with Gasteiger partial charge in [0.05, 0.1) is 13.2 Å². The summed E-state index contributed by atoms with van der Waals surface area (Å²) in [5.74, 6) is 0.353. The zero-order valence-electron chi connectivity index (χ0n) is 14.1. The summed E-state index contributed by atoms with van der Waals surface area (Å²) < 4.78 is 32.5. The van der Waals surface area contributed by atoms with Gasteiger partial charge in [-0.1, -0.05) is 37.6 Å². The third kappa shape index (κ3) is 6.18. The highest BCUT2D eigenvalue weighted by atomic mass is 35.5. The van der Waals surface area contributed by atoms with E-state index in [1.807, 2.05) is 0 Å². The average molecular weight is 373 g/mol. The number of benzene rings is 1. The van der Waals surface area contributed by atoms with Crippen LogP contribution in [0.2, 0.25) is 5.02 Å². The zero-order valence-corrected chi connectivity index (χ0v) is 15.7. The molecule has 1 N–H and O–H groups in total. The molecule has 0 bridgehead atoms. The van der Waals surface area contributed by atoms with Gasteiger partial charge in [-0.25, -0.2) is 13.1 Å². The molecule has 7 heteroatoms. The van der Waals surface area contributed by atoms with Crippen molar-refractivity contribution in [1.29, 1.82) is 0 Å². The minimum absolute atomic E-state index is 0.160. The van der Waals surface area contributed by atoms with Crippen LogP contribution in [0, 0.1) is 5.92 Å². The highest BCUT2D eigenvalue weighted by Gasteiger charge is 2.24. The maximum Gasteiger partial charge on any atom is 0.233 e. The summed E-state index contributed by atoms with van der Waals surface area (Å²) in [4.78, 5) is 2.29. The zero-order chi connectivity index (χ0) is 17.6. The van der Waals surface area contributed by atoms with E-state index in [9.17, 15) is 8.42 Å². The molecule has 2 rings (SSSR count). The SMILES string of the molecule is CC(C)C(CNS(=O)(=O)/C=C/c1ccc(Cl)cc1)N1CCOCC1. The molecule has 1 fully saturated rings. The van der Waals surface area contributed by atoms with Gasteiger partial charge in [-0.3, -0.25) is 4.90 Å². The van der Waals surface area contributed by atoms with Crippen LogP contribution in [0.4, 0.5) is 0 Å². The fraction of sp³-hybridized carbons (Fsp3) is 0.529. The Hall–Kier alpha value is -0.920. The van der Waals surface area contributed by atoms with Crippen LogP contribution in [0.25, 0.3) is 6.08 Å².